The molecule has 1 saturated carbocycles. The Morgan fingerprint density at radius 2 is 1.95 bits per heavy atom. The van der Waals surface area contributed by atoms with Crippen LogP contribution < -0.4 is 10.6 Å². The molecule has 2 amide bonds. The number of carbonyl (C=O) groups is 2. The van der Waals surface area contributed by atoms with Crippen molar-refractivity contribution in [3.8, 4) is 0 Å². The van der Waals surface area contributed by atoms with Gasteiger partial charge in [-0.2, -0.15) is 4.31 Å². The van der Waals surface area contributed by atoms with Crippen molar-refractivity contribution in [2.75, 3.05) is 25.0 Å². The Balaban J connectivity index is 1.43. The van der Waals surface area contributed by atoms with Gasteiger partial charge < -0.3 is 15.4 Å². The molecule has 1 aliphatic carbocycles. The van der Waals surface area contributed by atoms with E-state index in [0.29, 0.717) is 43.2 Å². The third-order valence-corrected chi connectivity index (χ3v) is 9.22. The SMILES string of the molecule is CCOCc1cc(NC(C)=O)ccc1C=CS(=O)(=O)N1CCC2(CC1)N=C(C1CCC(C)CC1)NC2=O. The first-order valence-corrected chi connectivity index (χ1v) is 14.7. The molecule has 2 N–H and O–H groups in total. The van der Waals surface area contributed by atoms with E-state index >= 15 is 0 Å². The number of aliphatic imine (C=N–C) groups is 1. The second-order valence-electron chi connectivity index (χ2n) is 10.4. The zero-order chi connectivity index (χ0) is 26.6. The third kappa shape index (κ3) is 6.48. The molecule has 1 spiro atoms. The summed E-state index contributed by atoms with van der Waals surface area (Å²) in [7, 11) is -3.69. The number of hydrogen-bond acceptors (Lipinski definition) is 6. The second kappa shape index (κ2) is 11.4. The van der Waals surface area contributed by atoms with Gasteiger partial charge >= 0.3 is 0 Å². The molecule has 2 fully saturated rings. The van der Waals surface area contributed by atoms with E-state index in [-0.39, 0.29) is 24.9 Å². The highest BCUT2D eigenvalue weighted by molar-refractivity contribution is 7.92. The van der Waals surface area contributed by atoms with Crippen LogP contribution >= 0.6 is 0 Å². The first-order valence-electron chi connectivity index (χ1n) is 13.2. The average Bonchev–Trinajstić information content (AvgIpc) is 3.17. The lowest BCUT2D eigenvalue weighted by Gasteiger charge is -2.34. The maximum absolute atomic E-state index is 13.1. The van der Waals surface area contributed by atoms with E-state index in [1.54, 1.807) is 24.3 Å². The standard InChI is InChI=1S/C27H38N4O5S/c1-4-36-18-23-17-24(28-20(3)32)10-9-21(23)11-16-37(34,35)31-14-12-27(13-15-31)26(33)29-25(30-27)22-7-5-19(2)6-8-22/h9-11,16-17,19,22H,4-8,12-15,18H2,1-3H3,(H,28,32)(H,29,30,33). The topological polar surface area (TPSA) is 117 Å². The number of rotatable bonds is 8. The zero-order valence-corrected chi connectivity index (χ0v) is 22.8. The van der Waals surface area contributed by atoms with Crippen LogP contribution in [0.4, 0.5) is 5.69 Å². The minimum Gasteiger partial charge on any atom is -0.377 e. The molecule has 1 saturated heterocycles. The third-order valence-electron chi connectivity index (χ3n) is 7.66. The molecule has 2 aliphatic heterocycles. The van der Waals surface area contributed by atoms with Crippen molar-refractivity contribution in [1.29, 1.82) is 0 Å². The predicted octanol–water partition coefficient (Wildman–Crippen LogP) is 3.67. The molecule has 2 heterocycles. The van der Waals surface area contributed by atoms with Crippen LogP contribution in [0.25, 0.3) is 6.08 Å². The molecule has 1 aromatic carbocycles. The van der Waals surface area contributed by atoms with Gasteiger partial charge in [-0.15, -0.1) is 0 Å². The summed E-state index contributed by atoms with van der Waals surface area (Å²) in [5.74, 6) is 1.55. The molecule has 0 bridgehead atoms. The molecule has 1 aromatic rings. The minimum atomic E-state index is -3.69. The van der Waals surface area contributed by atoms with Crippen LogP contribution in [0.1, 0.15) is 70.4 Å². The first-order chi connectivity index (χ1) is 17.6. The van der Waals surface area contributed by atoms with E-state index in [1.165, 1.54) is 16.6 Å². The van der Waals surface area contributed by atoms with Crippen LogP contribution in [0.15, 0.2) is 28.6 Å². The van der Waals surface area contributed by atoms with E-state index in [1.807, 2.05) is 6.92 Å². The second-order valence-corrected chi connectivity index (χ2v) is 12.2. The smallest absolute Gasteiger partial charge is 0.253 e. The molecule has 202 valence electrons. The van der Waals surface area contributed by atoms with Crippen molar-refractivity contribution in [3.63, 3.8) is 0 Å². The fourth-order valence-corrected chi connectivity index (χ4v) is 6.53. The van der Waals surface area contributed by atoms with Crippen LogP contribution in [-0.4, -0.2) is 55.6 Å². The van der Waals surface area contributed by atoms with Gasteiger partial charge in [0, 0.05) is 43.6 Å². The number of amidine groups is 1. The van der Waals surface area contributed by atoms with Gasteiger partial charge in [-0.3, -0.25) is 14.6 Å². The lowest BCUT2D eigenvalue weighted by molar-refractivity contribution is -0.125. The molecule has 4 rings (SSSR count). The molecule has 37 heavy (non-hydrogen) atoms. The molecular weight excluding hydrogens is 492 g/mol. The monoisotopic (exact) mass is 530 g/mol. The first kappa shape index (κ1) is 27.5. The van der Waals surface area contributed by atoms with E-state index in [2.05, 4.69) is 17.6 Å². The van der Waals surface area contributed by atoms with E-state index in [9.17, 15) is 18.0 Å². The number of amides is 2. The lowest BCUT2D eigenvalue weighted by Crippen LogP contribution is -2.50. The Bertz CT molecular complexity index is 1180. The Labute approximate surface area is 219 Å². The van der Waals surface area contributed by atoms with Crippen molar-refractivity contribution in [3.05, 3.63) is 34.7 Å². The Hall–Kier alpha value is -2.56. The average molecular weight is 531 g/mol. The molecule has 0 radical (unpaired) electrons. The van der Waals surface area contributed by atoms with Gasteiger partial charge in [0.15, 0.2) is 0 Å². The number of piperidine rings is 1. The number of hydrogen-bond donors (Lipinski definition) is 2. The van der Waals surface area contributed by atoms with Gasteiger partial charge in [0.1, 0.15) is 11.4 Å². The largest absolute Gasteiger partial charge is 0.377 e. The van der Waals surface area contributed by atoms with Gasteiger partial charge in [-0.05, 0) is 67.9 Å². The maximum atomic E-state index is 13.1. The van der Waals surface area contributed by atoms with Crippen molar-refractivity contribution in [2.24, 2.45) is 16.8 Å². The highest BCUT2D eigenvalue weighted by atomic mass is 32.2. The van der Waals surface area contributed by atoms with Gasteiger partial charge in [0.05, 0.1) is 6.61 Å². The highest BCUT2D eigenvalue weighted by Crippen LogP contribution is 2.36. The van der Waals surface area contributed by atoms with Crippen molar-refractivity contribution in [2.45, 2.75) is 71.4 Å². The summed E-state index contributed by atoms with van der Waals surface area (Å²) in [6, 6.07) is 5.28. The zero-order valence-electron chi connectivity index (χ0n) is 22.0. The van der Waals surface area contributed by atoms with Gasteiger partial charge in [0.2, 0.25) is 15.9 Å². The number of nitrogens with zero attached hydrogens (tertiary/aromatic N) is 2. The number of benzene rings is 1. The molecule has 10 heteroatoms. The van der Waals surface area contributed by atoms with Crippen LogP contribution in [0.5, 0.6) is 0 Å². The number of ether oxygens (including phenoxy) is 1. The van der Waals surface area contributed by atoms with Crippen LogP contribution in [-0.2, 0) is 31.0 Å². The van der Waals surface area contributed by atoms with E-state index in [4.69, 9.17) is 9.73 Å². The van der Waals surface area contributed by atoms with E-state index < -0.39 is 15.6 Å². The molecule has 0 atom stereocenters. The van der Waals surface area contributed by atoms with Gasteiger partial charge in [-0.25, -0.2) is 8.42 Å². The summed E-state index contributed by atoms with van der Waals surface area (Å²) >= 11 is 0. The predicted molar refractivity (Wildman–Crippen MR) is 144 cm³/mol. The molecule has 0 unspecified atom stereocenters. The van der Waals surface area contributed by atoms with Crippen LogP contribution in [0.2, 0.25) is 0 Å². The van der Waals surface area contributed by atoms with Crippen molar-refractivity contribution in [1.82, 2.24) is 9.62 Å². The Kier molecular flexibility index (Phi) is 8.50. The van der Waals surface area contributed by atoms with Crippen molar-refractivity contribution >= 4 is 39.4 Å². The summed E-state index contributed by atoms with van der Waals surface area (Å²) in [4.78, 5) is 29.2. The molecular formula is C27H38N4O5S. The normalized spacial score (nSPS) is 24.3. The Morgan fingerprint density at radius 1 is 1.24 bits per heavy atom. The van der Waals surface area contributed by atoms with Crippen molar-refractivity contribution < 1.29 is 22.7 Å². The van der Waals surface area contributed by atoms with Crippen LogP contribution in [0.3, 0.4) is 0 Å². The summed E-state index contributed by atoms with van der Waals surface area (Å²) < 4.78 is 33.2. The summed E-state index contributed by atoms with van der Waals surface area (Å²) in [5, 5.41) is 6.98. The van der Waals surface area contributed by atoms with Gasteiger partial charge in [-0.1, -0.05) is 25.8 Å². The lowest BCUT2D eigenvalue weighted by atomic mass is 9.82. The molecule has 9 nitrogen and oxygen atoms in total. The number of nitrogens with one attached hydrogen (secondary N) is 2. The highest BCUT2D eigenvalue weighted by Gasteiger charge is 2.48. The number of sulfonamides is 1. The summed E-state index contributed by atoms with van der Waals surface area (Å²) in [6.45, 7) is 6.87. The minimum absolute atomic E-state index is 0.0893. The summed E-state index contributed by atoms with van der Waals surface area (Å²) in [6.07, 6.45) is 6.69. The van der Waals surface area contributed by atoms with Crippen LogP contribution in [0, 0.1) is 11.8 Å². The van der Waals surface area contributed by atoms with Gasteiger partial charge in [0.25, 0.3) is 5.91 Å². The fraction of sp³-hybridized carbons (Fsp3) is 0.593. The fourth-order valence-electron chi connectivity index (χ4n) is 5.35. The summed E-state index contributed by atoms with van der Waals surface area (Å²) in [5.41, 5.74) is 1.25. The number of carbonyl (C=O) groups excluding carboxylic acids is 2. The quantitative estimate of drug-likeness (QED) is 0.532. The number of anilines is 1. The molecule has 0 aromatic heterocycles. The van der Waals surface area contributed by atoms with E-state index in [0.717, 1.165) is 43.0 Å². The maximum Gasteiger partial charge on any atom is 0.253 e. The Morgan fingerprint density at radius 3 is 2.59 bits per heavy atom. The molecule has 3 aliphatic rings.